The van der Waals surface area contributed by atoms with Gasteiger partial charge in [0.1, 0.15) is 12.5 Å². The third-order valence-corrected chi connectivity index (χ3v) is 2.94. The Morgan fingerprint density at radius 1 is 1.47 bits per heavy atom. The monoisotopic (exact) mass is 261 g/mol. The van der Waals surface area contributed by atoms with E-state index in [9.17, 15) is 8.78 Å². The van der Waals surface area contributed by atoms with Crippen molar-refractivity contribution in [3.8, 4) is 6.07 Å². The zero-order chi connectivity index (χ0) is 14.3. The molecule has 0 aromatic heterocycles. The number of hydrogen-bond acceptors (Lipinski definition) is 1. The molecule has 0 saturated carbocycles. The van der Waals surface area contributed by atoms with Crippen LogP contribution < -0.4 is 0 Å². The summed E-state index contributed by atoms with van der Waals surface area (Å²) < 4.78 is 26.0. The summed E-state index contributed by atoms with van der Waals surface area (Å²) in [7, 11) is 0. The summed E-state index contributed by atoms with van der Waals surface area (Å²) in [5.74, 6) is -1.05. The van der Waals surface area contributed by atoms with E-state index in [0.29, 0.717) is 11.1 Å². The second kappa shape index (κ2) is 7.48. The summed E-state index contributed by atoms with van der Waals surface area (Å²) in [4.78, 5) is 0. The van der Waals surface area contributed by atoms with Crippen LogP contribution in [0.3, 0.4) is 0 Å². The smallest absolute Gasteiger partial charge is 0.123 e. The molecule has 0 aliphatic rings. The second-order valence-corrected chi connectivity index (χ2v) is 4.31. The Balaban J connectivity index is 3.29. The van der Waals surface area contributed by atoms with Gasteiger partial charge in [-0.15, -0.1) is 0 Å². The zero-order valence-electron chi connectivity index (χ0n) is 11.1. The highest BCUT2D eigenvalue weighted by atomic mass is 19.1. The number of alkyl halides is 1. The molecule has 0 amide bonds. The molecule has 100 valence electrons. The fourth-order valence-corrected chi connectivity index (χ4v) is 2.12. The van der Waals surface area contributed by atoms with E-state index in [1.807, 2.05) is 6.92 Å². The number of nitriles is 1. The maximum Gasteiger partial charge on any atom is 0.123 e. The molecule has 0 aliphatic carbocycles. The number of benzene rings is 1. The summed E-state index contributed by atoms with van der Waals surface area (Å²) in [6.45, 7) is 2.97. The van der Waals surface area contributed by atoms with Gasteiger partial charge in [0.2, 0.25) is 0 Å². The van der Waals surface area contributed by atoms with Gasteiger partial charge in [-0.25, -0.2) is 8.78 Å². The molecule has 1 aromatic carbocycles. The van der Waals surface area contributed by atoms with Crippen LogP contribution in [0.2, 0.25) is 0 Å². The predicted molar refractivity (Wildman–Crippen MR) is 72.8 cm³/mol. The van der Waals surface area contributed by atoms with Crippen molar-refractivity contribution in [3.63, 3.8) is 0 Å². The first-order valence-electron chi connectivity index (χ1n) is 6.17. The molecule has 0 spiro atoms. The first-order chi connectivity index (χ1) is 9.13. The van der Waals surface area contributed by atoms with E-state index in [0.717, 1.165) is 0 Å². The van der Waals surface area contributed by atoms with Gasteiger partial charge < -0.3 is 0 Å². The van der Waals surface area contributed by atoms with Gasteiger partial charge >= 0.3 is 0 Å². The Morgan fingerprint density at radius 3 is 2.74 bits per heavy atom. The van der Waals surface area contributed by atoms with Crippen molar-refractivity contribution in [2.24, 2.45) is 5.92 Å². The van der Waals surface area contributed by atoms with Crippen molar-refractivity contribution in [3.05, 3.63) is 59.4 Å². The van der Waals surface area contributed by atoms with E-state index < -0.39 is 6.67 Å². The average Bonchev–Trinajstić information content (AvgIpc) is 2.39. The molecule has 3 heteroatoms. The van der Waals surface area contributed by atoms with Gasteiger partial charge in [-0.3, -0.25) is 0 Å². The molecular formula is C16H17F2N. The van der Waals surface area contributed by atoms with Crippen LogP contribution in [-0.2, 0) is 0 Å². The average molecular weight is 261 g/mol. The van der Waals surface area contributed by atoms with E-state index >= 15 is 0 Å². The van der Waals surface area contributed by atoms with Crippen LogP contribution in [0.25, 0.3) is 0 Å². The molecule has 0 N–H and O–H groups in total. The topological polar surface area (TPSA) is 23.8 Å². The highest BCUT2D eigenvalue weighted by molar-refractivity contribution is 5.37. The van der Waals surface area contributed by atoms with Crippen LogP contribution in [0.5, 0.6) is 0 Å². The predicted octanol–water partition coefficient (Wildman–Crippen LogP) is 4.54. The van der Waals surface area contributed by atoms with Crippen molar-refractivity contribution < 1.29 is 8.78 Å². The summed E-state index contributed by atoms with van der Waals surface area (Å²) in [5.41, 5.74) is 1.39. The molecule has 0 heterocycles. The molecule has 1 rings (SSSR count). The molecule has 0 saturated heterocycles. The lowest BCUT2D eigenvalue weighted by Crippen LogP contribution is -2.11. The lowest BCUT2D eigenvalue weighted by Gasteiger charge is -2.21. The lowest BCUT2D eigenvalue weighted by molar-refractivity contribution is 0.552. The van der Waals surface area contributed by atoms with Crippen LogP contribution in [-0.4, -0.2) is 6.67 Å². The Morgan fingerprint density at radius 2 is 2.21 bits per heavy atom. The third-order valence-electron chi connectivity index (χ3n) is 2.94. The zero-order valence-corrected chi connectivity index (χ0v) is 11.1. The maximum atomic E-state index is 13.3. The largest absolute Gasteiger partial charge is 0.247 e. The molecule has 0 aliphatic heterocycles. The van der Waals surface area contributed by atoms with E-state index in [2.05, 4.69) is 6.07 Å². The molecule has 0 bridgehead atoms. The van der Waals surface area contributed by atoms with Crippen LogP contribution >= 0.6 is 0 Å². The Bertz CT molecular complexity index is 512. The van der Waals surface area contributed by atoms with E-state index in [-0.39, 0.29) is 17.7 Å². The standard InChI is InChI=1S/C16H17F2N/c1-3-5-13(8-9-17)16(12(2)11-19)14-6-4-7-15(18)10-14/h3-8,10,12,16H,9H2,1-2H3. The third kappa shape index (κ3) is 4.03. The first kappa shape index (κ1) is 15.1. The van der Waals surface area contributed by atoms with Crippen LogP contribution in [0, 0.1) is 23.1 Å². The summed E-state index contributed by atoms with van der Waals surface area (Å²) in [5, 5.41) is 9.13. The highest BCUT2D eigenvalue weighted by Crippen LogP contribution is 2.33. The SMILES string of the molecule is CC=CC(=CCF)C(c1cccc(F)c1)C(C)C#N. The molecule has 19 heavy (non-hydrogen) atoms. The maximum absolute atomic E-state index is 13.3. The summed E-state index contributed by atoms with van der Waals surface area (Å²) >= 11 is 0. The first-order valence-corrected chi connectivity index (χ1v) is 6.17. The van der Waals surface area contributed by atoms with Crippen LogP contribution in [0.4, 0.5) is 8.78 Å². The normalized spacial score (nSPS) is 15.2. The molecule has 0 radical (unpaired) electrons. The van der Waals surface area contributed by atoms with Crippen LogP contribution in [0.15, 0.2) is 48.1 Å². The van der Waals surface area contributed by atoms with E-state index in [4.69, 9.17) is 5.26 Å². The fourth-order valence-electron chi connectivity index (χ4n) is 2.12. The van der Waals surface area contributed by atoms with Gasteiger partial charge in [0.05, 0.1) is 12.0 Å². The highest BCUT2D eigenvalue weighted by Gasteiger charge is 2.22. The Hall–Kier alpha value is -1.95. The van der Waals surface area contributed by atoms with Crippen LogP contribution in [0.1, 0.15) is 25.3 Å². The van der Waals surface area contributed by atoms with Gasteiger partial charge in [-0.05, 0) is 43.2 Å². The second-order valence-electron chi connectivity index (χ2n) is 4.31. The van der Waals surface area contributed by atoms with E-state index in [1.165, 1.54) is 18.2 Å². The molecule has 2 unspecified atom stereocenters. The number of halogens is 2. The minimum Gasteiger partial charge on any atom is -0.247 e. The van der Waals surface area contributed by atoms with Gasteiger partial charge in [0.15, 0.2) is 0 Å². The number of rotatable bonds is 5. The van der Waals surface area contributed by atoms with Gasteiger partial charge in [0, 0.05) is 5.92 Å². The summed E-state index contributed by atoms with van der Waals surface area (Å²) in [6.07, 6.45) is 4.99. The molecule has 2 atom stereocenters. The van der Waals surface area contributed by atoms with Crippen molar-refractivity contribution in [2.45, 2.75) is 19.8 Å². The molecule has 0 fully saturated rings. The lowest BCUT2D eigenvalue weighted by atomic mass is 9.81. The minimum absolute atomic E-state index is 0.326. The van der Waals surface area contributed by atoms with E-state index in [1.54, 1.807) is 31.2 Å². The van der Waals surface area contributed by atoms with Crippen molar-refractivity contribution in [1.82, 2.24) is 0 Å². The molecule has 1 nitrogen and oxygen atoms in total. The van der Waals surface area contributed by atoms with Crippen molar-refractivity contribution in [2.75, 3.05) is 6.67 Å². The molecular weight excluding hydrogens is 244 g/mol. The van der Waals surface area contributed by atoms with Crippen molar-refractivity contribution in [1.29, 1.82) is 5.26 Å². The number of nitrogens with zero attached hydrogens (tertiary/aromatic N) is 1. The van der Waals surface area contributed by atoms with Gasteiger partial charge in [-0.1, -0.05) is 24.3 Å². The minimum atomic E-state index is -0.608. The Kier molecular flexibility index (Phi) is 5.95. The fraction of sp³-hybridized carbons (Fsp3) is 0.312. The van der Waals surface area contributed by atoms with Crippen molar-refractivity contribution >= 4 is 0 Å². The quantitative estimate of drug-likeness (QED) is 0.714. The Labute approximate surface area is 112 Å². The van der Waals surface area contributed by atoms with Gasteiger partial charge in [-0.2, -0.15) is 5.26 Å². The number of hydrogen-bond donors (Lipinski definition) is 0. The molecule has 1 aromatic rings. The number of allylic oxidation sites excluding steroid dienone is 4. The van der Waals surface area contributed by atoms with Gasteiger partial charge in [0.25, 0.3) is 0 Å². The summed E-state index contributed by atoms with van der Waals surface area (Å²) in [6, 6.07) is 8.27.